The predicted molar refractivity (Wildman–Crippen MR) is 61.1 cm³/mol. The molecule has 0 bridgehead atoms. The number of aryl methyl sites for hydroxylation is 1. The smallest absolute Gasteiger partial charge is 0.264 e. The van der Waals surface area contributed by atoms with Crippen LogP contribution in [0.25, 0.3) is 0 Å². The maximum absolute atomic E-state index is 13.2. The van der Waals surface area contributed by atoms with Crippen molar-refractivity contribution in [3.63, 3.8) is 0 Å². The van der Waals surface area contributed by atoms with E-state index in [0.717, 1.165) is 6.07 Å². The minimum Gasteiger partial charge on any atom is -0.387 e. The molecule has 0 amide bonds. The van der Waals surface area contributed by atoms with Crippen LogP contribution in [0.2, 0.25) is 0 Å². The van der Waals surface area contributed by atoms with Gasteiger partial charge in [-0.3, -0.25) is 4.39 Å². The van der Waals surface area contributed by atoms with Crippen LogP contribution in [0.15, 0.2) is 18.2 Å². The fourth-order valence-corrected chi connectivity index (χ4v) is 2.03. The Kier molecular flexibility index (Phi) is 4.73. The second-order valence-corrected chi connectivity index (χ2v) is 4.76. The van der Waals surface area contributed by atoms with Crippen molar-refractivity contribution in [3.05, 3.63) is 35.1 Å². The maximum Gasteiger partial charge on any atom is 0.264 e. The summed E-state index contributed by atoms with van der Waals surface area (Å²) >= 11 is 0. The molecule has 5 heteroatoms. The summed E-state index contributed by atoms with van der Waals surface area (Å²) in [6.07, 6.45) is -5.32. The molecule has 0 aliphatic heterocycles. The van der Waals surface area contributed by atoms with Gasteiger partial charge in [-0.2, -0.15) is 0 Å². The number of aliphatic hydroxyl groups excluding tert-OH is 1. The highest BCUT2D eigenvalue weighted by molar-refractivity contribution is 5.34. The zero-order chi connectivity index (χ0) is 13.9. The van der Waals surface area contributed by atoms with Crippen molar-refractivity contribution in [1.29, 1.82) is 0 Å². The lowest BCUT2D eigenvalue weighted by molar-refractivity contribution is -0.0225. The molecule has 0 heterocycles. The molecular formula is C13H16F4O. The number of hydrogen-bond acceptors (Lipinski definition) is 1. The van der Waals surface area contributed by atoms with Crippen molar-refractivity contribution in [2.24, 2.45) is 0 Å². The molecular weight excluding hydrogens is 248 g/mol. The molecule has 2 unspecified atom stereocenters. The summed E-state index contributed by atoms with van der Waals surface area (Å²) < 4.78 is 51.0. The molecule has 1 N–H and O–H groups in total. The summed E-state index contributed by atoms with van der Waals surface area (Å²) in [5, 5.41) is 9.20. The Labute approximate surface area is 103 Å². The molecule has 0 radical (unpaired) electrons. The Balaban J connectivity index is 3.10. The van der Waals surface area contributed by atoms with E-state index >= 15 is 0 Å². The minimum absolute atomic E-state index is 0.310. The second-order valence-electron chi connectivity index (χ2n) is 4.76. The number of rotatable bonds is 5. The topological polar surface area (TPSA) is 20.2 Å². The number of benzene rings is 1. The van der Waals surface area contributed by atoms with E-state index in [4.69, 9.17) is 0 Å². The number of hydrogen-bond donors (Lipinski definition) is 1. The fraction of sp³-hybridized carbons (Fsp3) is 0.538. The predicted octanol–water partition coefficient (Wildman–Crippen LogP) is 3.38. The number of aliphatic hydroxyl groups is 1. The van der Waals surface area contributed by atoms with Crippen LogP contribution in [0, 0.1) is 12.7 Å². The molecule has 1 rings (SSSR count). The Morgan fingerprint density at radius 1 is 1.33 bits per heavy atom. The molecule has 18 heavy (non-hydrogen) atoms. The summed E-state index contributed by atoms with van der Waals surface area (Å²) in [4.78, 5) is 0. The van der Waals surface area contributed by atoms with E-state index in [1.807, 2.05) is 0 Å². The van der Waals surface area contributed by atoms with Gasteiger partial charge in [0.2, 0.25) is 0 Å². The van der Waals surface area contributed by atoms with Crippen LogP contribution in [0.3, 0.4) is 0 Å². The maximum atomic E-state index is 13.2. The summed E-state index contributed by atoms with van der Waals surface area (Å²) in [5.41, 5.74) is -0.398. The summed E-state index contributed by atoms with van der Waals surface area (Å²) in [5.74, 6) is -0.554. The van der Waals surface area contributed by atoms with Crippen LogP contribution in [0.4, 0.5) is 17.6 Å². The van der Waals surface area contributed by atoms with E-state index in [2.05, 4.69) is 0 Å². The number of alkyl halides is 3. The van der Waals surface area contributed by atoms with Gasteiger partial charge in [0.1, 0.15) is 11.9 Å². The average Bonchev–Trinajstić information content (AvgIpc) is 2.31. The normalized spacial score (nSPS) is 16.7. The van der Waals surface area contributed by atoms with Crippen molar-refractivity contribution < 1.29 is 22.7 Å². The largest absolute Gasteiger partial charge is 0.387 e. The first-order valence-corrected chi connectivity index (χ1v) is 5.59. The molecule has 102 valence electrons. The SMILES string of the molecule is Cc1ccc(F)cc1C(C)(CF)CC(O)C(F)F. The molecule has 1 aromatic carbocycles. The minimum atomic E-state index is -2.94. The summed E-state index contributed by atoms with van der Waals surface area (Å²) in [6.45, 7) is 2.11. The van der Waals surface area contributed by atoms with Crippen LogP contribution in [0.5, 0.6) is 0 Å². The molecule has 0 aromatic heterocycles. The zero-order valence-electron chi connectivity index (χ0n) is 10.3. The van der Waals surface area contributed by atoms with E-state index in [1.54, 1.807) is 6.92 Å². The number of halogens is 4. The van der Waals surface area contributed by atoms with Crippen LogP contribution < -0.4 is 0 Å². The van der Waals surface area contributed by atoms with E-state index < -0.39 is 36.9 Å². The molecule has 0 fully saturated rings. The Bertz CT molecular complexity index is 408. The first kappa shape index (κ1) is 15.0. The van der Waals surface area contributed by atoms with Crippen LogP contribution in [0.1, 0.15) is 24.5 Å². The van der Waals surface area contributed by atoms with Crippen molar-refractivity contribution in [2.45, 2.75) is 38.2 Å². The van der Waals surface area contributed by atoms with E-state index in [-0.39, 0.29) is 0 Å². The van der Waals surface area contributed by atoms with E-state index in [9.17, 15) is 22.7 Å². The van der Waals surface area contributed by atoms with Crippen molar-refractivity contribution in [2.75, 3.05) is 6.67 Å². The molecule has 2 atom stereocenters. The van der Waals surface area contributed by atoms with E-state index in [1.165, 1.54) is 19.1 Å². The highest BCUT2D eigenvalue weighted by Gasteiger charge is 2.34. The van der Waals surface area contributed by atoms with Gasteiger partial charge in [0.15, 0.2) is 0 Å². The zero-order valence-corrected chi connectivity index (χ0v) is 10.3. The van der Waals surface area contributed by atoms with Crippen molar-refractivity contribution in [1.82, 2.24) is 0 Å². The third-order valence-corrected chi connectivity index (χ3v) is 3.10. The fourth-order valence-electron chi connectivity index (χ4n) is 2.03. The van der Waals surface area contributed by atoms with Gasteiger partial charge in [-0.25, -0.2) is 13.2 Å². The molecule has 0 saturated carbocycles. The first-order chi connectivity index (χ1) is 8.30. The van der Waals surface area contributed by atoms with Gasteiger partial charge < -0.3 is 5.11 Å². The Morgan fingerprint density at radius 3 is 2.44 bits per heavy atom. The average molecular weight is 264 g/mol. The third-order valence-electron chi connectivity index (χ3n) is 3.10. The molecule has 1 aromatic rings. The van der Waals surface area contributed by atoms with Crippen LogP contribution in [-0.2, 0) is 5.41 Å². The second kappa shape index (κ2) is 5.69. The highest BCUT2D eigenvalue weighted by atomic mass is 19.3. The Hall–Kier alpha value is -1.10. The summed E-state index contributed by atoms with van der Waals surface area (Å²) in [6, 6.07) is 3.82. The van der Waals surface area contributed by atoms with Gasteiger partial charge >= 0.3 is 0 Å². The quantitative estimate of drug-likeness (QED) is 0.808. The van der Waals surface area contributed by atoms with Gasteiger partial charge in [0.25, 0.3) is 6.43 Å². The van der Waals surface area contributed by atoms with Crippen LogP contribution in [-0.4, -0.2) is 24.3 Å². The standard InChI is InChI=1S/C13H16F4O/c1-8-3-4-9(15)5-10(8)13(2,7-14)6-11(18)12(16)17/h3-5,11-12,18H,6-7H2,1-2H3. The highest BCUT2D eigenvalue weighted by Crippen LogP contribution is 2.33. The molecule has 0 aliphatic carbocycles. The first-order valence-electron chi connectivity index (χ1n) is 5.59. The molecule has 0 aliphatic rings. The van der Waals surface area contributed by atoms with Crippen LogP contribution >= 0.6 is 0 Å². The summed E-state index contributed by atoms with van der Waals surface area (Å²) in [7, 11) is 0. The molecule has 1 nitrogen and oxygen atoms in total. The Morgan fingerprint density at radius 2 is 1.94 bits per heavy atom. The lowest BCUT2D eigenvalue weighted by Crippen LogP contribution is -2.34. The lowest BCUT2D eigenvalue weighted by Gasteiger charge is -2.30. The molecule has 0 saturated heterocycles. The van der Waals surface area contributed by atoms with Crippen molar-refractivity contribution in [3.8, 4) is 0 Å². The molecule has 0 spiro atoms. The van der Waals surface area contributed by atoms with E-state index in [0.29, 0.717) is 11.1 Å². The van der Waals surface area contributed by atoms with Crippen molar-refractivity contribution >= 4 is 0 Å². The van der Waals surface area contributed by atoms with Gasteiger partial charge in [-0.05, 0) is 36.6 Å². The van der Waals surface area contributed by atoms with Gasteiger partial charge in [-0.15, -0.1) is 0 Å². The van der Waals surface area contributed by atoms with Gasteiger partial charge in [-0.1, -0.05) is 13.0 Å². The lowest BCUT2D eigenvalue weighted by atomic mass is 9.77. The van der Waals surface area contributed by atoms with Gasteiger partial charge in [0, 0.05) is 5.41 Å². The van der Waals surface area contributed by atoms with Gasteiger partial charge in [0.05, 0.1) is 6.67 Å². The third kappa shape index (κ3) is 3.22. The monoisotopic (exact) mass is 264 g/mol.